The van der Waals surface area contributed by atoms with Crippen molar-refractivity contribution < 1.29 is 28.8 Å². The zero-order valence-corrected chi connectivity index (χ0v) is 11.7. The SMILES string of the molecule is O=C(O)c1ccccc1OCCOc1ccc2c(c1)OCO2. The zero-order valence-electron chi connectivity index (χ0n) is 11.7. The van der Waals surface area contributed by atoms with Crippen LogP contribution in [0.1, 0.15) is 10.4 Å². The quantitative estimate of drug-likeness (QED) is 0.827. The first-order valence-electron chi connectivity index (χ1n) is 6.71. The fourth-order valence-corrected chi connectivity index (χ4v) is 2.05. The van der Waals surface area contributed by atoms with Gasteiger partial charge in [-0.25, -0.2) is 4.79 Å². The Morgan fingerprint density at radius 2 is 1.82 bits per heavy atom. The van der Waals surface area contributed by atoms with Crippen molar-refractivity contribution in [2.24, 2.45) is 0 Å². The Balaban J connectivity index is 1.53. The molecule has 6 heteroatoms. The van der Waals surface area contributed by atoms with Gasteiger partial charge >= 0.3 is 5.97 Å². The van der Waals surface area contributed by atoms with Gasteiger partial charge in [0, 0.05) is 6.07 Å². The van der Waals surface area contributed by atoms with Crippen molar-refractivity contribution in [2.45, 2.75) is 0 Å². The first-order chi connectivity index (χ1) is 10.7. The second-order valence-corrected chi connectivity index (χ2v) is 4.51. The molecule has 1 aliphatic heterocycles. The molecule has 1 N–H and O–H groups in total. The van der Waals surface area contributed by atoms with Crippen molar-refractivity contribution in [3.05, 3.63) is 48.0 Å². The maximum atomic E-state index is 11.0. The van der Waals surface area contributed by atoms with Crippen LogP contribution in [-0.4, -0.2) is 31.1 Å². The monoisotopic (exact) mass is 302 g/mol. The fraction of sp³-hybridized carbons (Fsp3) is 0.188. The molecule has 1 aliphatic rings. The van der Waals surface area contributed by atoms with Crippen molar-refractivity contribution in [3.8, 4) is 23.0 Å². The van der Waals surface area contributed by atoms with Crippen molar-refractivity contribution >= 4 is 5.97 Å². The van der Waals surface area contributed by atoms with Gasteiger partial charge in [0.15, 0.2) is 11.5 Å². The lowest BCUT2D eigenvalue weighted by molar-refractivity contribution is 0.0691. The van der Waals surface area contributed by atoms with Crippen LogP contribution in [0.3, 0.4) is 0 Å². The second kappa shape index (κ2) is 6.26. The van der Waals surface area contributed by atoms with E-state index < -0.39 is 5.97 Å². The number of carboxylic acid groups (broad SMARTS) is 1. The highest BCUT2D eigenvalue weighted by Gasteiger charge is 2.14. The van der Waals surface area contributed by atoms with Crippen LogP contribution < -0.4 is 18.9 Å². The third-order valence-electron chi connectivity index (χ3n) is 3.07. The number of hydrogen-bond acceptors (Lipinski definition) is 5. The van der Waals surface area contributed by atoms with E-state index in [1.165, 1.54) is 6.07 Å². The molecule has 0 saturated carbocycles. The molecule has 0 spiro atoms. The minimum atomic E-state index is -1.02. The Labute approximate surface area is 126 Å². The highest BCUT2D eigenvalue weighted by Crippen LogP contribution is 2.35. The first-order valence-corrected chi connectivity index (χ1v) is 6.71. The van der Waals surface area contributed by atoms with E-state index in [1.807, 2.05) is 0 Å². The molecule has 22 heavy (non-hydrogen) atoms. The summed E-state index contributed by atoms with van der Waals surface area (Å²) in [5, 5.41) is 9.05. The second-order valence-electron chi connectivity index (χ2n) is 4.51. The lowest BCUT2D eigenvalue weighted by atomic mass is 10.2. The fourth-order valence-electron chi connectivity index (χ4n) is 2.05. The lowest BCUT2D eigenvalue weighted by Crippen LogP contribution is -2.11. The zero-order chi connectivity index (χ0) is 15.4. The summed E-state index contributed by atoms with van der Waals surface area (Å²) < 4.78 is 21.5. The summed E-state index contributed by atoms with van der Waals surface area (Å²) in [5.74, 6) is 1.28. The molecule has 2 aromatic rings. The molecule has 0 bridgehead atoms. The Hall–Kier alpha value is -2.89. The summed E-state index contributed by atoms with van der Waals surface area (Å²) in [6, 6.07) is 11.8. The van der Waals surface area contributed by atoms with Crippen LogP contribution in [0.15, 0.2) is 42.5 Å². The molecule has 0 aliphatic carbocycles. The third kappa shape index (κ3) is 3.06. The maximum Gasteiger partial charge on any atom is 0.339 e. The summed E-state index contributed by atoms with van der Waals surface area (Å²) in [7, 11) is 0. The predicted molar refractivity (Wildman–Crippen MR) is 77.0 cm³/mol. The van der Waals surface area contributed by atoms with Gasteiger partial charge in [-0.1, -0.05) is 12.1 Å². The number of carbonyl (C=O) groups is 1. The standard InChI is InChI=1S/C16H14O6/c17-16(18)12-3-1-2-4-13(12)20-8-7-19-11-5-6-14-15(9-11)22-10-21-14/h1-6,9H,7-8,10H2,(H,17,18). The molecule has 1 heterocycles. The number of benzene rings is 2. The Morgan fingerprint density at radius 1 is 1.05 bits per heavy atom. The first kappa shape index (κ1) is 14.1. The molecular weight excluding hydrogens is 288 g/mol. The highest BCUT2D eigenvalue weighted by molar-refractivity contribution is 5.90. The predicted octanol–water partition coefficient (Wildman–Crippen LogP) is 2.57. The number of rotatable bonds is 6. The average Bonchev–Trinajstić information content (AvgIpc) is 2.99. The van der Waals surface area contributed by atoms with E-state index in [2.05, 4.69) is 0 Å². The van der Waals surface area contributed by atoms with Crippen LogP contribution in [0.5, 0.6) is 23.0 Å². The van der Waals surface area contributed by atoms with Gasteiger partial charge in [-0.2, -0.15) is 0 Å². The Bertz CT molecular complexity index is 682. The van der Waals surface area contributed by atoms with Gasteiger partial charge in [0.25, 0.3) is 0 Å². The molecule has 6 nitrogen and oxygen atoms in total. The van der Waals surface area contributed by atoms with Gasteiger partial charge in [-0.15, -0.1) is 0 Å². The number of aromatic carboxylic acids is 1. The summed E-state index contributed by atoms with van der Waals surface area (Å²) in [6.45, 7) is 0.736. The Kier molecular flexibility index (Phi) is 4.00. The summed E-state index contributed by atoms with van der Waals surface area (Å²) in [4.78, 5) is 11.0. The summed E-state index contributed by atoms with van der Waals surface area (Å²) >= 11 is 0. The van der Waals surface area contributed by atoms with Gasteiger partial charge in [0.1, 0.15) is 30.3 Å². The van der Waals surface area contributed by atoms with Crippen LogP contribution >= 0.6 is 0 Å². The Morgan fingerprint density at radius 3 is 2.68 bits per heavy atom. The van der Waals surface area contributed by atoms with Gasteiger partial charge in [0.2, 0.25) is 6.79 Å². The van der Waals surface area contributed by atoms with Crippen molar-refractivity contribution in [1.82, 2.24) is 0 Å². The van der Waals surface area contributed by atoms with Crippen molar-refractivity contribution in [2.75, 3.05) is 20.0 Å². The van der Waals surface area contributed by atoms with Gasteiger partial charge in [0.05, 0.1) is 0 Å². The molecule has 0 amide bonds. The molecule has 0 unspecified atom stereocenters. The van der Waals surface area contributed by atoms with Crippen molar-refractivity contribution in [3.63, 3.8) is 0 Å². The molecule has 0 fully saturated rings. The lowest BCUT2D eigenvalue weighted by Gasteiger charge is -2.10. The molecule has 0 atom stereocenters. The largest absolute Gasteiger partial charge is 0.490 e. The summed E-state index contributed by atoms with van der Waals surface area (Å²) in [5.41, 5.74) is 0.130. The number of ether oxygens (including phenoxy) is 4. The highest BCUT2D eigenvalue weighted by atomic mass is 16.7. The van der Waals surface area contributed by atoms with E-state index in [4.69, 9.17) is 24.1 Å². The minimum Gasteiger partial charge on any atom is -0.490 e. The van der Waals surface area contributed by atoms with E-state index in [-0.39, 0.29) is 25.6 Å². The van der Waals surface area contributed by atoms with E-state index >= 15 is 0 Å². The van der Waals surface area contributed by atoms with E-state index in [9.17, 15) is 4.79 Å². The topological polar surface area (TPSA) is 74.2 Å². The number of para-hydroxylation sites is 1. The van der Waals surface area contributed by atoms with Crippen LogP contribution in [0.25, 0.3) is 0 Å². The molecule has 0 aromatic heterocycles. The molecule has 0 radical (unpaired) electrons. The molecule has 114 valence electrons. The van der Waals surface area contributed by atoms with Gasteiger partial charge in [-0.05, 0) is 24.3 Å². The van der Waals surface area contributed by atoms with Crippen LogP contribution in [-0.2, 0) is 0 Å². The number of carboxylic acids is 1. The van der Waals surface area contributed by atoms with Crippen molar-refractivity contribution in [1.29, 1.82) is 0 Å². The normalized spacial score (nSPS) is 12.0. The maximum absolute atomic E-state index is 11.0. The van der Waals surface area contributed by atoms with Crippen LogP contribution in [0.2, 0.25) is 0 Å². The molecule has 0 saturated heterocycles. The smallest absolute Gasteiger partial charge is 0.339 e. The average molecular weight is 302 g/mol. The summed E-state index contributed by atoms with van der Waals surface area (Å²) in [6.07, 6.45) is 0. The number of fused-ring (bicyclic) bond motifs is 1. The van der Waals surface area contributed by atoms with Crippen LogP contribution in [0, 0.1) is 0 Å². The number of hydrogen-bond donors (Lipinski definition) is 1. The minimum absolute atomic E-state index is 0.130. The van der Waals surface area contributed by atoms with Crippen LogP contribution in [0.4, 0.5) is 0 Å². The molecule has 3 rings (SSSR count). The van der Waals surface area contributed by atoms with E-state index in [0.29, 0.717) is 23.0 Å². The van der Waals surface area contributed by atoms with E-state index in [0.717, 1.165) is 0 Å². The third-order valence-corrected chi connectivity index (χ3v) is 3.07. The van der Waals surface area contributed by atoms with E-state index in [1.54, 1.807) is 36.4 Å². The molecular formula is C16H14O6. The van der Waals surface area contributed by atoms with Gasteiger partial charge in [-0.3, -0.25) is 0 Å². The molecule has 2 aromatic carbocycles. The van der Waals surface area contributed by atoms with Gasteiger partial charge < -0.3 is 24.1 Å².